The lowest BCUT2D eigenvalue weighted by atomic mass is 9.54. The number of rotatable bonds is 3. The van der Waals surface area contributed by atoms with Crippen molar-refractivity contribution in [3.63, 3.8) is 0 Å². The van der Waals surface area contributed by atoms with Gasteiger partial charge in [-0.25, -0.2) is 4.79 Å². The third-order valence-electron chi connectivity index (χ3n) is 5.58. The Morgan fingerprint density at radius 3 is 2.55 bits per heavy atom. The molecule has 1 heterocycles. The van der Waals surface area contributed by atoms with Crippen LogP contribution in [0.15, 0.2) is 36.2 Å². The summed E-state index contributed by atoms with van der Waals surface area (Å²) in [6.45, 7) is 0.159. The summed E-state index contributed by atoms with van der Waals surface area (Å²) >= 11 is 0. The first-order chi connectivity index (χ1) is 10.7. The summed E-state index contributed by atoms with van der Waals surface area (Å²) in [5.41, 5.74) is 2.05. The highest BCUT2D eigenvalue weighted by molar-refractivity contribution is 5.83. The van der Waals surface area contributed by atoms with Crippen LogP contribution in [-0.2, 0) is 16.1 Å². The van der Waals surface area contributed by atoms with Crippen molar-refractivity contribution in [1.82, 2.24) is 0 Å². The van der Waals surface area contributed by atoms with Gasteiger partial charge in [-0.2, -0.15) is 4.73 Å². The maximum absolute atomic E-state index is 12.1. The first-order valence-electron chi connectivity index (χ1n) is 8.23. The lowest BCUT2D eigenvalue weighted by Crippen LogP contribution is -2.40. The number of allylic oxidation sites excluding steroid dienone is 1. The molecule has 1 aromatic rings. The monoisotopic (exact) mass is 299 g/mol. The smallest absolute Gasteiger partial charge is 0.331 e. The molecule has 0 saturated heterocycles. The lowest BCUT2D eigenvalue weighted by molar-refractivity contribution is -0.606. The largest absolute Gasteiger partial charge is 0.619 e. The van der Waals surface area contributed by atoms with E-state index in [-0.39, 0.29) is 12.6 Å². The number of aromatic nitrogens is 1. The van der Waals surface area contributed by atoms with Gasteiger partial charge in [0.25, 0.3) is 0 Å². The number of ether oxygens (including phenoxy) is 1. The van der Waals surface area contributed by atoms with Crippen molar-refractivity contribution in [2.45, 2.75) is 38.7 Å². The van der Waals surface area contributed by atoms with E-state index >= 15 is 0 Å². The van der Waals surface area contributed by atoms with Gasteiger partial charge in [0.2, 0.25) is 0 Å². The van der Waals surface area contributed by atoms with Crippen molar-refractivity contribution in [2.75, 3.05) is 0 Å². The van der Waals surface area contributed by atoms with Crippen LogP contribution >= 0.6 is 0 Å². The fraction of sp³-hybridized carbons (Fsp3) is 0.556. The normalized spacial score (nSPS) is 32.1. The SMILES string of the molecule is O=C(C=C1C2CC3CC(C2)CC1C3)OCc1ccc[n+]([O-])c1. The fourth-order valence-electron chi connectivity index (χ4n) is 4.88. The zero-order chi connectivity index (χ0) is 15.1. The van der Waals surface area contributed by atoms with Crippen molar-refractivity contribution in [1.29, 1.82) is 0 Å². The van der Waals surface area contributed by atoms with Crippen LogP contribution in [0.4, 0.5) is 0 Å². The highest BCUT2D eigenvalue weighted by atomic mass is 16.5. The van der Waals surface area contributed by atoms with E-state index in [2.05, 4.69) is 0 Å². The van der Waals surface area contributed by atoms with Crippen molar-refractivity contribution in [2.24, 2.45) is 23.7 Å². The molecule has 22 heavy (non-hydrogen) atoms. The number of esters is 1. The van der Waals surface area contributed by atoms with Gasteiger partial charge < -0.3 is 9.94 Å². The van der Waals surface area contributed by atoms with Gasteiger partial charge in [-0.1, -0.05) is 5.57 Å². The number of hydrogen-bond acceptors (Lipinski definition) is 3. The molecule has 5 rings (SSSR count). The standard InChI is InChI=1S/C18H21NO3/c20-18(22-11-12-2-1-3-19(21)10-12)9-17-15-5-13-4-14(7-15)8-16(17)6-13/h1-3,9-10,13-16H,4-8,11H2. The lowest BCUT2D eigenvalue weighted by Gasteiger charge is -2.51. The summed E-state index contributed by atoms with van der Waals surface area (Å²) in [4.78, 5) is 12.1. The minimum Gasteiger partial charge on any atom is -0.619 e. The van der Waals surface area contributed by atoms with Gasteiger partial charge >= 0.3 is 5.97 Å². The zero-order valence-corrected chi connectivity index (χ0v) is 12.6. The summed E-state index contributed by atoms with van der Waals surface area (Å²) in [7, 11) is 0. The van der Waals surface area contributed by atoms with Crippen LogP contribution in [0.1, 0.15) is 37.7 Å². The second-order valence-electron chi connectivity index (χ2n) is 7.13. The first-order valence-corrected chi connectivity index (χ1v) is 8.23. The number of carbonyl (C=O) groups is 1. The molecular weight excluding hydrogens is 278 g/mol. The van der Waals surface area contributed by atoms with Crippen LogP contribution in [0.2, 0.25) is 0 Å². The van der Waals surface area contributed by atoms with Crippen molar-refractivity contribution >= 4 is 5.97 Å². The Labute approximate surface area is 130 Å². The second kappa shape index (κ2) is 5.41. The van der Waals surface area contributed by atoms with Gasteiger partial charge in [-0.3, -0.25) is 0 Å². The predicted molar refractivity (Wildman–Crippen MR) is 80.3 cm³/mol. The summed E-state index contributed by atoms with van der Waals surface area (Å²) in [6.07, 6.45) is 11.1. The van der Waals surface area contributed by atoms with Gasteiger partial charge in [-0.05, 0) is 61.8 Å². The Hall–Kier alpha value is -1.84. The quantitative estimate of drug-likeness (QED) is 0.373. The Morgan fingerprint density at radius 2 is 1.91 bits per heavy atom. The van der Waals surface area contributed by atoms with Crippen LogP contribution < -0.4 is 4.73 Å². The number of hydrogen-bond donors (Lipinski definition) is 0. The van der Waals surface area contributed by atoms with Crippen LogP contribution in [0, 0.1) is 28.9 Å². The Bertz CT molecular complexity index is 593. The third-order valence-corrected chi connectivity index (χ3v) is 5.58. The van der Waals surface area contributed by atoms with Gasteiger partial charge in [0.05, 0.1) is 5.56 Å². The first kappa shape index (κ1) is 13.8. The van der Waals surface area contributed by atoms with Crippen LogP contribution in [0.5, 0.6) is 0 Å². The molecule has 0 amide bonds. The molecular formula is C18H21NO3. The van der Waals surface area contributed by atoms with Gasteiger partial charge in [0.15, 0.2) is 12.4 Å². The zero-order valence-electron chi connectivity index (χ0n) is 12.6. The predicted octanol–water partition coefficient (Wildman–Crippen LogP) is 2.75. The van der Waals surface area contributed by atoms with E-state index < -0.39 is 0 Å². The number of nitrogens with zero attached hydrogens (tertiary/aromatic N) is 1. The Morgan fingerprint density at radius 1 is 1.23 bits per heavy atom. The van der Waals surface area contributed by atoms with Gasteiger partial charge in [-0.15, -0.1) is 0 Å². The molecule has 0 spiro atoms. The molecule has 4 fully saturated rings. The van der Waals surface area contributed by atoms with E-state index in [0.717, 1.165) is 16.6 Å². The molecule has 0 N–H and O–H groups in total. The maximum Gasteiger partial charge on any atom is 0.331 e. The van der Waals surface area contributed by atoms with E-state index in [1.807, 2.05) is 0 Å². The maximum atomic E-state index is 12.1. The Balaban J connectivity index is 1.41. The summed E-state index contributed by atoms with van der Waals surface area (Å²) in [5, 5.41) is 11.2. The third kappa shape index (κ3) is 2.62. The molecule has 0 unspecified atom stereocenters. The molecule has 116 valence electrons. The molecule has 0 aliphatic heterocycles. The van der Waals surface area contributed by atoms with E-state index in [9.17, 15) is 10.0 Å². The van der Waals surface area contributed by atoms with Crippen LogP contribution in [0.3, 0.4) is 0 Å². The van der Waals surface area contributed by atoms with Crippen molar-refractivity contribution in [3.05, 3.63) is 46.9 Å². The van der Waals surface area contributed by atoms with Crippen molar-refractivity contribution in [3.8, 4) is 0 Å². The van der Waals surface area contributed by atoms with E-state index in [4.69, 9.17) is 4.74 Å². The average Bonchev–Trinajstić information content (AvgIpc) is 2.48. The molecule has 0 atom stereocenters. The minimum absolute atomic E-state index is 0.159. The molecule has 0 radical (unpaired) electrons. The molecule has 4 heteroatoms. The fourth-order valence-corrected chi connectivity index (χ4v) is 4.88. The summed E-state index contributed by atoms with van der Waals surface area (Å²) < 4.78 is 6.04. The highest BCUT2D eigenvalue weighted by Gasteiger charge is 2.45. The number of carbonyl (C=O) groups excluding carboxylic acids is 1. The molecule has 4 nitrogen and oxygen atoms in total. The summed E-state index contributed by atoms with van der Waals surface area (Å²) in [5.74, 6) is 2.76. The molecule has 0 aromatic carbocycles. The van der Waals surface area contributed by atoms with E-state index in [1.54, 1.807) is 18.2 Å². The minimum atomic E-state index is -0.260. The molecule has 4 aliphatic rings. The molecule has 4 saturated carbocycles. The second-order valence-corrected chi connectivity index (χ2v) is 7.13. The van der Waals surface area contributed by atoms with Crippen LogP contribution in [0.25, 0.3) is 0 Å². The van der Waals surface area contributed by atoms with Crippen molar-refractivity contribution < 1.29 is 14.3 Å². The topological polar surface area (TPSA) is 53.2 Å². The van der Waals surface area contributed by atoms with E-state index in [0.29, 0.717) is 17.4 Å². The molecule has 4 bridgehead atoms. The van der Waals surface area contributed by atoms with E-state index in [1.165, 1.54) is 50.1 Å². The van der Waals surface area contributed by atoms with Gasteiger partial charge in [0.1, 0.15) is 6.61 Å². The van der Waals surface area contributed by atoms with Gasteiger partial charge in [0, 0.05) is 12.1 Å². The molecule has 1 aromatic heterocycles. The summed E-state index contributed by atoms with van der Waals surface area (Å²) in [6, 6.07) is 3.45. The Kier molecular flexibility index (Phi) is 3.40. The number of pyridine rings is 1. The average molecular weight is 299 g/mol. The molecule has 4 aliphatic carbocycles. The highest BCUT2D eigenvalue weighted by Crippen LogP contribution is 2.56. The van der Waals surface area contributed by atoms with Crippen LogP contribution in [-0.4, -0.2) is 5.97 Å².